The molecule has 1 amide bonds. The van der Waals surface area contributed by atoms with E-state index in [0.717, 1.165) is 63.2 Å². The Morgan fingerprint density at radius 1 is 1.27 bits per heavy atom. The molecule has 4 aliphatic rings. The molecule has 2 aromatic rings. The molecule has 7 nitrogen and oxygen atoms in total. The van der Waals surface area contributed by atoms with Gasteiger partial charge in [0, 0.05) is 30.6 Å². The van der Waals surface area contributed by atoms with Crippen LogP contribution in [0, 0.1) is 17.8 Å². The summed E-state index contributed by atoms with van der Waals surface area (Å²) >= 11 is 0. The van der Waals surface area contributed by atoms with E-state index >= 15 is 0 Å². The second-order valence-electron chi connectivity index (χ2n) is 8.52. The van der Waals surface area contributed by atoms with Crippen LogP contribution in [0.15, 0.2) is 22.9 Å². The van der Waals surface area contributed by atoms with Crippen LogP contribution in [0.2, 0.25) is 0 Å². The summed E-state index contributed by atoms with van der Waals surface area (Å²) in [5.41, 5.74) is 1.87. The van der Waals surface area contributed by atoms with E-state index in [-0.39, 0.29) is 11.9 Å². The SMILES string of the molecule is C[C@@H]1[C@H](NC(=O)c2cc3c(C#CCN4CCOCC4)coc3cn2)C2CCN1CC2. The van der Waals surface area contributed by atoms with Gasteiger partial charge >= 0.3 is 0 Å². The molecule has 4 aliphatic heterocycles. The van der Waals surface area contributed by atoms with Gasteiger partial charge in [-0.15, -0.1) is 0 Å². The number of carbonyl (C=O) groups is 1. The van der Waals surface area contributed by atoms with Gasteiger partial charge in [0.25, 0.3) is 5.91 Å². The zero-order chi connectivity index (χ0) is 20.5. The van der Waals surface area contributed by atoms with Crippen molar-refractivity contribution in [2.45, 2.75) is 31.8 Å². The molecule has 0 aliphatic carbocycles. The van der Waals surface area contributed by atoms with E-state index < -0.39 is 0 Å². The van der Waals surface area contributed by atoms with Crippen LogP contribution in [-0.4, -0.2) is 78.7 Å². The van der Waals surface area contributed by atoms with Crippen molar-refractivity contribution in [2.24, 2.45) is 5.92 Å². The van der Waals surface area contributed by atoms with Gasteiger partial charge in [-0.25, -0.2) is 4.98 Å². The normalized spacial score (nSPS) is 28.8. The third-order valence-electron chi connectivity index (χ3n) is 6.80. The molecule has 2 bridgehead atoms. The Kier molecular flexibility index (Phi) is 5.47. The van der Waals surface area contributed by atoms with Gasteiger partial charge in [0.05, 0.1) is 31.5 Å². The number of ether oxygens (including phenoxy) is 1. The van der Waals surface area contributed by atoms with E-state index in [1.54, 1.807) is 18.5 Å². The van der Waals surface area contributed by atoms with Crippen LogP contribution in [0.4, 0.5) is 0 Å². The molecule has 0 spiro atoms. The highest BCUT2D eigenvalue weighted by atomic mass is 16.5. The average molecular weight is 409 g/mol. The van der Waals surface area contributed by atoms with Crippen molar-refractivity contribution in [3.05, 3.63) is 29.8 Å². The summed E-state index contributed by atoms with van der Waals surface area (Å²) in [7, 11) is 0. The molecule has 0 saturated carbocycles. The molecule has 2 aromatic heterocycles. The predicted molar refractivity (Wildman–Crippen MR) is 113 cm³/mol. The maximum absolute atomic E-state index is 13.0. The Labute approximate surface area is 176 Å². The number of piperidine rings is 3. The fourth-order valence-corrected chi connectivity index (χ4v) is 4.93. The van der Waals surface area contributed by atoms with Crippen molar-refractivity contribution < 1.29 is 13.9 Å². The van der Waals surface area contributed by atoms with E-state index in [1.165, 1.54) is 0 Å². The molecule has 7 heteroatoms. The Balaban J connectivity index is 1.31. The highest BCUT2D eigenvalue weighted by Crippen LogP contribution is 2.32. The minimum Gasteiger partial charge on any atom is -0.461 e. The van der Waals surface area contributed by atoms with E-state index in [0.29, 0.717) is 29.8 Å². The molecule has 1 N–H and O–H groups in total. The molecular weight excluding hydrogens is 380 g/mol. The van der Waals surface area contributed by atoms with Crippen molar-refractivity contribution in [3.8, 4) is 11.8 Å². The highest BCUT2D eigenvalue weighted by Gasteiger charge is 2.40. The zero-order valence-electron chi connectivity index (χ0n) is 17.4. The number of rotatable bonds is 3. The van der Waals surface area contributed by atoms with Crippen LogP contribution in [0.25, 0.3) is 11.0 Å². The Hall–Kier alpha value is -2.40. The molecule has 0 unspecified atom stereocenters. The molecule has 30 heavy (non-hydrogen) atoms. The van der Waals surface area contributed by atoms with Crippen LogP contribution < -0.4 is 5.32 Å². The number of amides is 1. The van der Waals surface area contributed by atoms with Gasteiger partial charge < -0.3 is 14.5 Å². The standard InChI is InChI=1S/C23H28N4O3/c1-16-22(17-4-7-27(16)8-5-17)25-23(28)20-13-19-18(15-30-21(19)14-24-20)3-2-6-26-9-11-29-12-10-26/h13-17,22H,4-12H2,1H3,(H,25,28)/t16-,22+/m1/s1. The summed E-state index contributed by atoms with van der Waals surface area (Å²) in [6, 6.07) is 2.37. The number of hydrogen-bond donors (Lipinski definition) is 1. The van der Waals surface area contributed by atoms with Crippen molar-refractivity contribution in [3.63, 3.8) is 0 Å². The first-order chi connectivity index (χ1) is 14.7. The molecule has 158 valence electrons. The second-order valence-corrected chi connectivity index (χ2v) is 8.52. The molecule has 6 heterocycles. The summed E-state index contributed by atoms with van der Waals surface area (Å²) in [5, 5.41) is 4.09. The Morgan fingerprint density at radius 3 is 2.83 bits per heavy atom. The van der Waals surface area contributed by atoms with Crippen molar-refractivity contribution >= 4 is 16.9 Å². The van der Waals surface area contributed by atoms with Crippen LogP contribution in [0.3, 0.4) is 0 Å². The van der Waals surface area contributed by atoms with Gasteiger partial charge in [0.15, 0.2) is 5.58 Å². The molecule has 4 fully saturated rings. The fraction of sp³-hybridized carbons (Fsp3) is 0.565. The lowest BCUT2D eigenvalue weighted by Crippen LogP contribution is -2.62. The lowest BCUT2D eigenvalue weighted by atomic mass is 9.79. The maximum atomic E-state index is 13.0. The minimum absolute atomic E-state index is 0.115. The molecular formula is C23H28N4O3. The van der Waals surface area contributed by atoms with Gasteiger partial charge in [-0.2, -0.15) is 0 Å². The van der Waals surface area contributed by atoms with Gasteiger partial charge in [-0.1, -0.05) is 11.8 Å². The second kappa shape index (κ2) is 8.38. The van der Waals surface area contributed by atoms with Crippen LogP contribution >= 0.6 is 0 Å². The van der Waals surface area contributed by atoms with E-state index in [2.05, 4.69) is 38.9 Å². The Bertz CT molecular complexity index is 975. The first-order valence-corrected chi connectivity index (χ1v) is 10.9. The summed E-state index contributed by atoms with van der Waals surface area (Å²) < 4.78 is 11.0. The molecule has 4 saturated heterocycles. The van der Waals surface area contributed by atoms with Gasteiger partial charge in [0.1, 0.15) is 12.0 Å². The quantitative estimate of drug-likeness (QED) is 0.780. The number of furan rings is 1. The maximum Gasteiger partial charge on any atom is 0.270 e. The number of carbonyl (C=O) groups excluding carboxylic acids is 1. The van der Waals surface area contributed by atoms with E-state index in [9.17, 15) is 4.79 Å². The van der Waals surface area contributed by atoms with Crippen molar-refractivity contribution in [1.82, 2.24) is 20.1 Å². The highest BCUT2D eigenvalue weighted by molar-refractivity contribution is 5.97. The first kappa shape index (κ1) is 19.6. The molecule has 0 radical (unpaired) electrons. The zero-order valence-corrected chi connectivity index (χ0v) is 17.4. The van der Waals surface area contributed by atoms with Crippen LogP contribution in [0.5, 0.6) is 0 Å². The summed E-state index contributed by atoms with van der Waals surface area (Å²) in [6.45, 7) is 8.54. The van der Waals surface area contributed by atoms with Gasteiger partial charge in [-0.3, -0.25) is 14.6 Å². The van der Waals surface area contributed by atoms with Gasteiger partial charge in [0.2, 0.25) is 0 Å². The summed E-state index contributed by atoms with van der Waals surface area (Å²) in [6.07, 6.45) is 5.59. The topological polar surface area (TPSA) is 70.8 Å². The third kappa shape index (κ3) is 3.83. The number of nitrogens with zero attached hydrogens (tertiary/aromatic N) is 3. The van der Waals surface area contributed by atoms with Crippen LogP contribution in [-0.2, 0) is 4.74 Å². The lowest BCUT2D eigenvalue weighted by Gasteiger charge is -2.49. The fourth-order valence-electron chi connectivity index (χ4n) is 4.93. The minimum atomic E-state index is -0.115. The van der Waals surface area contributed by atoms with E-state index in [4.69, 9.17) is 9.15 Å². The molecule has 6 rings (SSSR count). The average Bonchev–Trinajstić information content (AvgIpc) is 3.19. The number of morpholine rings is 1. The monoisotopic (exact) mass is 408 g/mol. The van der Waals surface area contributed by atoms with Crippen LogP contribution in [0.1, 0.15) is 35.8 Å². The first-order valence-electron chi connectivity index (χ1n) is 10.9. The van der Waals surface area contributed by atoms with Crippen molar-refractivity contribution in [2.75, 3.05) is 45.9 Å². The lowest BCUT2D eigenvalue weighted by molar-refractivity contribution is 0.0216. The smallest absolute Gasteiger partial charge is 0.270 e. The summed E-state index contributed by atoms with van der Waals surface area (Å²) in [4.78, 5) is 22.0. The number of nitrogens with one attached hydrogen (secondary N) is 1. The number of aromatic nitrogens is 1. The summed E-state index contributed by atoms with van der Waals surface area (Å²) in [5.74, 6) is 6.87. The van der Waals surface area contributed by atoms with Crippen molar-refractivity contribution in [1.29, 1.82) is 0 Å². The van der Waals surface area contributed by atoms with E-state index in [1.807, 2.05) is 0 Å². The third-order valence-corrected chi connectivity index (χ3v) is 6.80. The number of fused-ring (bicyclic) bond motifs is 4. The van der Waals surface area contributed by atoms with Gasteiger partial charge in [-0.05, 0) is 44.8 Å². The predicted octanol–water partition coefficient (Wildman–Crippen LogP) is 1.72. The Morgan fingerprint density at radius 2 is 2.07 bits per heavy atom. The number of hydrogen-bond acceptors (Lipinski definition) is 6. The largest absolute Gasteiger partial charge is 0.461 e. The molecule has 2 atom stereocenters. The number of pyridine rings is 1. The molecule has 0 aromatic carbocycles.